The average Bonchev–Trinajstić information content (AvgIpc) is 2.93. The highest BCUT2D eigenvalue weighted by Gasteiger charge is 2.33. The molecule has 27 heavy (non-hydrogen) atoms. The zero-order valence-electron chi connectivity index (χ0n) is 14.3. The lowest BCUT2D eigenvalue weighted by Gasteiger charge is -2.12. The number of benzene rings is 1. The van der Waals surface area contributed by atoms with Gasteiger partial charge in [-0.05, 0) is 24.1 Å². The van der Waals surface area contributed by atoms with E-state index in [0.717, 1.165) is 12.1 Å². The van der Waals surface area contributed by atoms with Crippen LogP contribution in [0.3, 0.4) is 0 Å². The first-order valence-corrected chi connectivity index (χ1v) is 8.15. The highest BCUT2D eigenvalue weighted by Crippen LogP contribution is 2.29. The largest absolute Gasteiger partial charge is 0.432 e. The Bertz CT molecular complexity index is 827. The fraction of sp³-hybridized carbons (Fsp3) is 0.312. The van der Waals surface area contributed by atoms with Crippen molar-refractivity contribution in [3.63, 3.8) is 0 Å². The number of halogens is 5. The molecule has 0 aliphatic heterocycles. The smallest absolute Gasteiger partial charge is 0.325 e. The number of nitrogens with zero attached hydrogens (tertiary/aromatic N) is 2. The van der Waals surface area contributed by atoms with Crippen LogP contribution >= 0.6 is 11.6 Å². The van der Waals surface area contributed by atoms with E-state index in [-0.39, 0.29) is 34.8 Å². The van der Waals surface area contributed by atoms with E-state index in [1.165, 1.54) is 6.07 Å². The van der Waals surface area contributed by atoms with Gasteiger partial charge in [0, 0.05) is 23.2 Å². The van der Waals surface area contributed by atoms with Crippen molar-refractivity contribution in [2.45, 2.75) is 26.4 Å². The fourth-order valence-corrected chi connectivity index (χ4v) is 2.25. The molecule has 0 aliphatic carbocycles. The molecule has 0 atom stereocenters. The standard InChI is InChI=1S/C16H16ClF4N5O/c1-8(2)3-14(27)24-15(22-11-5-9(17)4-10(18)6-11)23-13-7-12(25-26-13)16(19,20)21/h4-8H,3H2,1-2H3,(H3,22,23,24,25,26,27). The minimum Gasteiger partial charge on any atom is -0.325 e. The second-order valence-electron chi connectivity index (χ2n) is 6.03. The molecule has 0 spiro atoms. The number of aliphatic imine (C=N–C) groups is 1. The van der Waals surface area contributed by atoms with Crippen LogP contribution < -0.4 is 10.6 Å². The number of hydrogen-bond acceptors (Lipinski definition) is 3. The number of nitrogens with one attached hydrogen (secondary N) is 3. The molecule has 1 amide bonds. The Morgan fingerprint density at radius 1 is 1.30 bits per heavy atom. The van der Waals surface area contributed by atoms with Gasteiger partial charge in [-0.2, -0.15) is 23.3 Å². The van der Waals surface area contributed by atoms with Crippen LogP contribution in [0.1, 0.15) is 26.0 Å². The summed E-state index contributed by atoms with van der Waals surface area (Å²) in [6.45, 7) is 3.64. The Morgan fingerprint density at radius 3 is 2.56 bits per heavy atom. The third-order valence-electron chi connectivity index (χ3n) is 3.07. The second kappa shape index (κ2) is 8.38. The number of amides is 1. The van der Waals surface area contributed by atoms with Crippen molar-refractivity contribution in [3.05, 3.63) is 40.8 Å². The summed E-state index contributed by atoms with van der Waals surface area (Å²) < 4.78 is 51.5. The van der Waals surface area contributed by atoms with Crippen LogP contribution in [0.2, 0.25) is 5.02 Å². The lowest BCUT2D eigenvalue weighted by atomic mass is 10.1. The summed E-state index contributed by atoms with van der Waals surface area (Å²) in [5.74, 6) is -1.57. The summed E-state index contributed by atoms with van der Waals surface area (Å²) in [4.78, 5) is 15.9. The fourth-order valence-electron chi connectivity index (χ4n) is 2.03. The van der Waals surface area contributed by atoms with Crippen LogP contribution in [-0.4, -0.2) is 22.1 Å². The van der Waals surface area contributed by atoms with Crippen molar-refractivity contribution in [1.82, 2.24) is 15.5 Å². The molecule has 1 aromatic heterocycles. The zero-order valence-corrected chi connectivity index (χ0v) is 15.0. The molecule has 146 valence electrons. The van der Waals surface area contributed by atoms with Crippen molar-refractivity contribution in [1.29, 1.82) is 0 Å². The lowest BCUT2D eigenvalue weighted by Crippen LogP contribution is -2.36. The number of anilines is 1. The molecule has 0 saturated carbocycles. The number of alkyl halides is 3. The summed E-state index contributed by atoms with van der Waals surface area (Å²) in [5.41, 5.74) is -0.946. The number of carbonyl (C=O) groups is 1. The molecule has 11 heteroatoms. The van der Waals surface area contributed by atoms with Crippen molar-refractivity contribution >= 4 is 35.0 Å². The van der Waals surface area contributed by atoms with E-state index in [9.17, 15) is 22.4 Å². The number of hydrogen-bond donors (Lipinski definition) is 3. The molecule has 6 nitrogen and oxygen atoms in total. The lowest BCUT2D eigenvalue weighted by molar-refractivity contribution is -0.141. The molecule has 0 saturated heterocycles. The molecule has 0 fully saturated rings. The van der Waals surface area contributed by atoms with Crippen LogP contribution in [0.15, 0.2) is 29.3 Å². The van der Waals surface area contributed by atoms with Gasteiger partial charge in [-0.3, -0.25) is 15.2 Å². The van der Waals surface area contributed by atoms with E-state index in [4.69, 9.17) is 11.6 Å². The van der Waals surface area contributed by atoms with Crippen molar-refractivity contribution < 1.29 is 22.4 Å². The predicted molar refractivity (Wildman–Crippen MR) is 93.3 cm³/mol. The van der Waals surface area contributed by atoms with E-state index in [1.807, 2.05) is 18.9 Å². The molecule has 1 heterocycles. The van der Waals surface area contributed by atoms with Crippen molar-refractivity contribution in [3.8, 4) is 0 Å². The third kappa shape index (κ3) is 6.55. The molecule has 0 bridgehead atoms. The zero-order chi connectivity index (χ0) is 20.2. The second-order valence-corrected chi connectivity index (χ2v) is 6.46. The third-order valence-corrected chi connectivity index (χ3v) is 3.29. The van der Waals surface area contributed by atoms with Crippen LogP contribution in [0.4, 0.5) is 29.1 Å². The minimum atomic E-state index is -4.62. The highest BCUT2D eigenvalue weighted by molar-refractivity contribution is 6.31. The van der Waals surface area contributed by atoms with Crippen LogP contribution in [0, 0.1) is 11.7 Å². The SMILES string of the molecule is CC(C)CC(=O)NC(=Nc1cc(C(F)(F)F)[nH]n1)Nc1cc(F)cc(Cl)c1. The quantitative estimate of drug-likeness (QED) is 0.398. The van der Waals surface area contributed by atoms with Gasteiger partial charge in [-0.25, -0.2) is 4.39 Å². The minimum absolute atomic E-state index is 0.0390. The van der Waals surface area contributed by atoms with Gasteiger partial charge in [-0.15, -0.1) is 0 Å². The molecule has 0 unspecified atom stereocenters. The Hall–Kier alpha value is -2.62. The van der Waals surface area contributed by atoms with E-state index in [0.29, 0.717) is 6.07 Å². The normalized spacial score (nSPS) is 12.4. The Labute approximate surface area is 157 Å². The molecule has 0 aliphatic rings. The van der Waals surface area contributed by atoms with Gasteiger partial charge in [-0.1, -0.05) is 25.4 Å². The molecular weight excluding hydrogens is 390 g/mol. The van der Waals surface area contributed by atoms with Crippen molar-refractivity contribution in [2.75, 3.05) is 5.32 Å². The van der Waals surface area contributed by atoms with E-state index < -0.39 is 23.6 Å². The van der Waals surface area contributed by atoms with Gasteiger partial charge in [0.15, 0.2) is 5.82 Å². The predicted octanol–water partition coefficient (Wildman–Crippen LogP) is 4.48. The van der Waals surface area contributed by atoms with Crippen LogP contribution in [-0.2, 0) is 11.0 Å². The summed E-state index contributed by atoms with van der Waals surface area (Å²) in [6.07, 6.45) is -4.47. The summed E-state index contributed by atoms with van der Waals surface area (Å²) >= 11 is 5.77. The molecule has 2 rings (SSSR count). The number of aromatic amines is 1. The number of guanidine groups is 1. The van der Waals surface area contributed by atoms with Crippen molar-refractivity contribution in [2.24, 2.45) is 10.9 Å². The molecule has 1 aromatic carbocycles. The maximum absolute atomic E-state index is 13.5. The first-order valence-electron chi connectivity index (χ1n) is 7.77. The first-order chi connectivity index (χ1) is 12.5. The van der Waals surface area contributed by atoms with Crippen LogP contribution in [0.5, 0.6) is 0 Å². The van der Waals surface area contributed by atoms with Gasteiger partial charge in [0.2, 0.25) is 11.9 Å². The molecule has 0 radical (unpaired) electrons. The molecule has 2 aromatic rings. The summed E-state index contributed by atoms with van der Waals surface area (Å²) in [5, 5.41) is 10.4. The number of H-pyrrole nitrogens is 1. The van der Waals surface area contributed by atoms with Crippen LogP contribution in [0.25, 0.3) is 0 Å². The van der Waals surface area contributed by atoms with E-state index in [1.54, 1.807) is 0 Å². The maximum Gasteiger partial charge on any atom is 0.432 e. The number of aromatic nitrogens is 2. The van der Waals surface area contributed by atoms with Gasteiger partial charge < -0.3 is 5.32 Å². The maximum atomic E-state index is 13.5. The van der Waals surface area contributed by atoms with E-state index in [2.05, 4.69) is 20.7 Å². The van der Waals surface area contributed by atoms with E-state index >= 15 is 0 Å². The number of carbonyl (C=O) groups excluding carboxylic acids is 1. The monoisotopic (exact) mass is 405 g/mol. The summed E-state index contributed by atoms with van der Waals surface area (Å²) in [6, 6.07) is 4.20. The Kier molecular flexibility index (Phi) is 6.42. The topological polar surface area (TPSA) is 82.2 Å². The Morgan fingerprint density at radius 2 is 2.00 bits per heavy atom. The summed E-state index contributed by atoms with van der Waals surface area (Å²) in [7, 11) is 0. The molecule has 3 N–H and O–H groups in total. The highest BCUT2D eigenvalue weighted by atomic mass is 35.5. The Balaban J connectivity index is 2.30. The first kappa shape index (κ1) is 20.7. The average molecular weight is 406 g/mol. The van der Waals surface area contributed by atoms with Gasteiger partial charge >= 0.3 is 6.18 Å². The van der Waals surface area contributed by atoms with Gasteiger partial charge in [0.1, 0.15) is 11.5 Å². The number of rotatable bonds is 4. The van der Waals surface area contributed by atoms with Gasteiger partial charge in [0.25, 0.3) is 0 Å². The molecular formula is C16H16ClF4N5O. The van der Waals surface area contributed by atoms with Gasteiger partial charge in [0.05, 0.1) is 0 Å².